The maximum absolute atomic E-state index is 12.1. The van der Waals surface area contributed by atoms with Gasteiger partial charge in [-0.05, 0) is 18.6 Å². The molecule has 18 heavy (non-hydrogen) atoms. The molecule has 1 unspecified atom stereocenters. The highest BCUT2D eigenvalue weighted by Crippen LogP contribution is 2.32. The molecule has 1 aliphatic rings. The summed E-state index contributed by atoms with van der Waals surface area (Å²) in [4.78, 5) is 0.273. The lowest BCUT2D eigenvalue weighted by molar-refractivity contribution is 0.413. The van der Waals surface area contributed by atoms with E-state index >= 15 is 0 Å². The van der Waals surface area contributed by atoms with Gasteiger partial charge in [0.25, 0.3) is 0 Å². The summed E-state index contributed by atoms with van der Waals surface area (Å²) in [6.07, 6.45) is 0.875. The third-order valence-corrected chi connectivity index (χ3v) is 4.76. The number of hydrogen-bond donors (Lipinski definition) is 1. The van der Waals surface area contributed by atoms with Crippen LogP contribution in [0, 0.1) is 11.3 Å². The van der Waals surface area contributed by atoms with Crippen LogP contribution in [0.25, 0.3) is 0 Å². The van der Waals surface area contributed by atoms with Gasteiger partial charge >= 0.3 is 0 Å². The fraction of sp³-hybridized carbons (Fsp3) is 0.417. The standard InChI is InChI=1S/C12H14N2O3S/c1-17-10-4-5-11-12(7-10)18(15,16)8-9(14-11)3-2-6-13/h4-5,7,9,14H,2-3,8H2,1H3. The molecule has 0 saturated heterocycles. The molecule has 0 amide bonds. The number of hydrogen-bond acceptors (Lipinski definition) is 5. The van der Waals surface area contributed by atoms with Gasteiger partial charge in [-0.3, -0.25) is 0 Å². The van der Waals surface area contributed by atoms with Gasteiger partial charge in [0, 0.05) is 18.5 Å². The second kappa shape index (κ2) is 4.86. The SMILES string of the molecule is COc1ccc2c(c1)S(=O)(=O)CC(CCC#N)N2. The first-order valence-corrected chi connectivity index (χ1v) is 7.26. The van der Waals surface area contributed by atoms with Crippen molar-refractivity contribution >= 4 is 15.5 Å². The number of fused-ring (bicyclic) bond motifs is 1. The molecule has 6 heteroatoms. The van der Waals surface area contributed by atoms with Crippen molar-refractivity contribution < 1.29 is 13.2 Å². The summed E-state index contributed by atoms with van der Waals surface area (Å²) in [6.45, 7) is 0. The van der Waals surface area contributed by atoms with Crippen LogP contribution < -0.4 is 10.1 Å². The van der Waals surface area contributed by atoms with Crippen molar-refractivity contribution in [2.24, 2.45) is 0 Å². The third kappa shape index (κ3) is 2.41. The third-order valence-electron chi connectivity index (χ3n) is 2.91. The second-order valence-corrected chi connectivity index (χ2v) is 6.18. The van der Waals surface area contributed by atoms with Gasteiger partial charge in [0.1, 0.15) is 5.75 Å². The van der Waals surface area contributed by atoms with E-state index in [0.717, 1.165) is 0 Å². The van der Waals surface area contributed by atoms with Crippen molar-refractivity contribution in [2.75, 3.05) is 18.2 Å². The van der Waals surface area contributed by atoms with Crippen LogP contribution in [-0.4, -0.2) is 27.3 Å². The first-order chi connectivity index (χ1) is 8.56. The minimum absolute atomic E-state index is 0.0227. The number of methoxy groups -OCH3 is 1. The summed E-state index contributed by atoms with van der Waals surface area (Å²) in [7, 11) is -1.81. The summed E-state index contributed by atoms with van der Waals surface area (Å²) in [5.41, 5.74) is 0.588. The Balaban J connectivity index is 2.34. The normalized spacial score (nSPS) is 20.3. The molecule has 0 spiro atoms. The molecule has 2 rings (SSSR count). The molecule has 1 aliphatic heterocycles. The van der Waals surface area contributed by atoms with Crippen LogP contribution in [-0.2, 0) is 9.84 Å². The number of ether oxygens (including phenoxy) is 1. The minimum atomic E-state index is -3.31. The van der Waals surface area contributed by atoms with E-state index in [-0.39, 0.29) is 16.7 Å². The van der Waals surface area contributed by atoms with Crippen LogP contribution >= 0.6 is 0 Å². The Morgan fingerprint density at radius 3 is 3.00 bits per heavy atom. The Bertz CT molecular complexity index is 590. The van der Waals surface area contributed by atoms with Crippen LogP contribution in [0.15, 0.2) is 23.1 Å². The van der Waals surface area contributed by atoms with Crippen molar-refractivity contribution in [3.63, 3.8) is 0 Å². The summed E-state index contributed by atoms with van der Waals surface area (Å²) < 4.78 is 29.3. The highest BCUT2D eigenvalue weighted by atomic mass is 32.2. The molecular weight excluding hydrogens is 252 g/mol. The van der Waals surface area contributed by atoms with E-state index in [1.807, 2.05) is 6.07 Å². The number of sulfone groups is 1. The zero-order valence-corrected chi connectivity index (χ0v) is 10.8. The summed E-state index contributed by atoms with van der Waals surface area (Å²) in [5.74, 6) is 0.545. The van der Waals surface area contributed by atoms with Crippen LogP contribution in [0.3, 0.4) is 0 Å². The van der Waals surface area contributed by atoms with Crippen molar-refractivity contribution in [3.05, 3.63) is 18.2 Å². The molecule has 1 aromatic carbocycles. The van der Waals surface area contributed by atoms with Gasteiger partial charge < -0.3 is 10.1 Å². The number of rotatable bonds is 3. The molecule has 1 N–H and O–H groups in total. The molecule has 1 aromatic rings. The fourth-order valence-corrected chi connectivity index (χ4v) is 3.73. The topological polar surface area (TPSA) is 79.2 Å². The Hall–Kier alpha value is -1.74. The molecular formula is C12H14N2O3S. The lowest BCUT2D eigenvalue weighted by Gasteiger charge is -2.26. The van der Waals surface area contributed by atoms with Crippen molar-refractivity contribution in [2.45, 2.75) is 23.8 Å². The van der Waals surface area contributed by atoms with E-state index in [2.05, 4.69) is 5.32 Å². The van der Waals surface area contributed by atoms with Crippen LogP contribution in [0.1, 0.15) is 12.8 Å². The number of benzene rings is 1. The summed E-state index contributed by atoms with van der Waals surface area (Å²) in [6, 6.07) is 6.77. The second-order valence-electron chi connectivity index (χ2n) is 4.18. The van der Waals surface area contributed by atoms with Gasteiger partial charge in [-0.1, -0.05) is 0 Å². The zero-order chi connectivity index (χ0) is 13.2. The number of nitrogens with one attached hydrogen (secondary N) is 1. The Kier molecular flexibility index (Phi) is 3.43. The van der Waals surface area contributed by atoms with E-state index in [4.69, 9.17) is 10.00 Å². The highest BCUT2D eigenvalue weighted by molar-refractivity contribution is 7.91. The Morgan fingerprint density at radius 2 is 2.33 bits per heavy atom. The quantitative estimate of drug-likeness (QED) is 0.898. The highest BCUT2D eigenvalue weighted by Gasteiger charge is 2.30. The van der Waals surface area contributed by atoms with Gasteiger partial charge in [0.2, 0.25) is 0 Å². The first-order valence-electron chi connectivity index (χ1n) is 5.61. The average Bonchev–Trinajstić information content (AvgIpc) is 2.35. The smallest absolute Gasteiger partial charge is 0.182 e. The molecule has 0 aromatic heterocycles. The lowest BCUT2D eigenvalue weighted by Crippen LogP contribution is -2.34. The Morgan fingerprint density at radius 1 is 1.56 bits per heavy atom. The van der Waals surface area contributed by atoms with E-state index in [9.17, 15) is 8.42 Å². The number of nitrogens with zero attached hydrogens (tertiary/aromatic N) is 1. The average molecular weight is 266 g/mol. The van der Waals surface area contributed by atoms with Crippen LogP contribution in [0.5, 0.6) is 5.75 Å². The minimum Gasteiger partial charge on any atom is -0.497 e. The molecule has 0 saturated carbocycles. The van der Waals surface area contributed by atoms with E-state index in [0.29, 0.717) is 24.3 Å². The molecule has 0 fully saturated rings. The van der Waals surface area contributed by atoms with Gasteiger partial charge in [-0.15, -0.1) is 0 Å². The van der Waals surface area contributed by atoms with E-state index in [1.54, 1.807) is 12.1 Å². The maximum atomic E-state index is 12.1. The predicted molar refractivity (Wildman–Crippen MR) is 67.3 cm³/mol. The molecule has 96 valence electrons. The van der Waals surface area contributed by atoms with Crippen LogP contribution in [0.4, 0.5) is 5.69 Å². The van der Waals surface area contributed by atoms with Crippen molar-refractivity contribution in [1.29, 1.82) is 5.26 Å². The van der Waals surface area contributed by atoms with Gasteiger partial charge in [0.05, 0.1) is 29.5 Å². The van der Waals surface area contributed by atoms with Crippen molar-refractivity contribution in [1.82, 2.24) is 0 Å². The van der Waals surface area contributed by atoms with Crippen molar-refractivity contribution in [3.8, 4) is 11.8 Å². The molecule has 5 nitrogen and oxygen atoms in total. The fourth-order valence-electron chi connectivity index (χ4n) is 2.02. The first kappa shape index (κ1) is 12.7. The monoisotopic (exact) mass is 266 g/mol. The zero-order valence-electron chi connectivity index (χ0n) is 10.0. The molecule has 0 bridgehead atoms. The Labute approximate surface area is 106 Å². The van der Waals surface area contributed by atoms with E-state index < -0.39 is 9.84 Å². The largest absolute Gasteiger partial charge is 0.497 e. The maximum Gasteiger partial charge on any atom is 0.182 e. The van der Waals surface area contributed by atoms with Gasteiger partial charge in [0.15, 0.2) is 9.84 Å². The van der Waals surface area contributed by atoms with E-state index in [1.165, 1.54) is 13.2 Å². The summed E-state index contributed by atoms with van der Waals surface area (Å²) >= 11 is 0. The van der Waals surface area contributed by atoms with Gasteiger partial charge in [-0.2, -0.15) is 5.26 Å². The van der Waals surface area contributed by atoms with Crippen LogP contribution in [0.2, 0.25) is 0 Å². The summed E-state index contributed by atoms with van der Waals surface area (Å²) in [5, 5.41) is 11.7. The molecule has 0 aliphatic carbocycles. The number of nitriles is 1. The predicted octanol–water partition coefficient (Wildman–Crippen LogP) is 1.57. The molecule has 1 atom stereocenters. The lowest BCUT2D eigenvalue weighted by atomic mass is 10.1. The molecule has 1 heterocycles. The number of anilines is 1. The van der Waals surface area contributed by atoms with Gasteiger partial charge in [-0.25, -0.2) is 8.42 Å². The molecule has 0 radical (unpaired) electrons.